The molecule has 0 atom stereocenters. The zero-order chi connectivity index (χ0) is 11.8. The standard InChI is InChI=1S/C14H19BrO/c1-10(2)12-8-14(16,9-12)7-11-3-5-13(15)6-4-11/h3-6,10,12,16H,7-9H2,1-2H3. The maximum Gasteiger partial charge on any atom is 0.0693 e. The van der Waals surface area contributed by atoms with Crippen LogP contribution in [0.2, 0.25) is 0 Å². The highest BCUT2D eigenvalue weighted by Crippen LogP contribution is 2.43. The van der Waals surface area contributed by atoms with Crippen LogP contribution in [0.15, 0.2) is 28.7 Å². The molecule has 16 heavy (non-hydrogen) atoms. The van der Waals surface area contributed by atoms with Gasteiger partial charge in [0.15, 0.2) is 0 Å². The van der Waals surface area contributed by atoms with Gasteiger partial charge in [-0.25, -0.2) is 0 Å². The second-order valence-electron chi connectivity index (χ2n) is 5.44. The van der Waals surface area contributed by atoms with E-state index in [9.17, 15) is 5.11 Å². The van der Waals surface area contributed by atoms with Crippen molar-refractivity contribution < 1.29 is 5.11 Å². The van der Waals surface area contributed by atoms with Crippen molar-refractivity contribution in [3.63, 3.8) is 0 Å². The molecule has 2 rings (SSSR count). The molecule has 0 aliphatic heterocycles. The van der Waals surface area contributed by atoms with E-state index >= 15 is 0 Å². The van der Waals surface area contributed by atoms with Crippen LogP contribution in [0, 0.1) is 11.8 Å². The molecule has 88 valence electrons. The number of benzene rings is 1. The molecule has 0 aromatic heterocycles. The first-order valence-corrected chi connectivity index (χ1v) is 6.75. The van der Waals surface area contributed by atoms with Crippen LogP contribution < -0.4 is 0 Å². The minimum atomic E-state index is -0.442. The lowest BCUT2D eigenvalue weighted by molar-refractivity contribution is -0.0860. The molecule has 1 saturated carbocycles. The van der Waals surface area contributed by atoms with Crippen molar-refractivity contribution in [3.8, 4) is 0 Å². The van der Waals surface area contributed by atoms with Crippen LogP contribution in [-0.4, -0.2) is 10.7 Å². The van der Waals surface area contributed by atoms with E-state index in [1.54, 1.807) is 0 Å². The summed E-state index contributed by atoms with van der Waals surface area (Å²) in [7, 11) is 0. The third-order valence-corrected chi connectivity index (χ3v) is 4.20. The molecule has 2 heteroatoms. The first-order valence-electron chi connectivity index (χ1n) is 5.95. The molecule has 1 N–H and O–H groups in total. The Labute approximate surface area is 106 Å². The van der Waals surface area contributed by atoms with Crippen LogP contribution in [0.25, 0.3) is 0 Å². The van der Waals surface area contributed by atoms with Crippen LogP contribution in [0.5, 0.6) is 0 Å². The lowest BCUT2D eigenvalue weighted by Crippen LogP contribution is -2.47. The van der Waals surface area contributed by atoms with Crippen LogP contribution in [-0.2, 0) is 6.42 Å². The SMILES string of the molecule is CC(C)C1CC(O)(Cc2ccc(Br)cc2)C1. The van der Waals surface area contributed by atoms with Gasteiger partial charge in [-0.05, 0) is 42.4 Å². The van der Waals surface area contributed by atoms with Gasteiger partial charge in [0.2, 0.25) is 0 Å². The maximum absolute atomic E-state index is 10.3. The number of hydrogen-bond acceptors (Lipinski definition) is 1. The minimum absolute atomic E-state index is 0.442. The Morgan fingerprint density at radius 3 is 2.38 bits per heavy atom. The third-order valence-electron chi connectivity index (χ3n) is 3.67. The summed E-state index contributed by atoms with van der Waals surface area (Å²) in [5.41, 5.74) is 0.788. The topological polar surface area (TPSA) is 20.2 Å². The Balaban J connectivity index is 1.94. The third kappa shape index (κ3) is 2.67. The summed E-state index contributed by atoms with van der Waals surface area (Å²) in [5.74, 6) is 1.41. The van der Waals surface area contributed by atoms with Crippen LogP contribution >= 0.6 is 15.9 Å². The Kier molecular flexibility index (Phi) is 3.41. The van der Waals surface area contributed by atoms with Crippen molar-refractivity contribution in [2.75, 3.05) is 0 Å². The smallest absolute Gasteiger partial charge is 0.0693 e. The fraction of sp³-hybridized carbons (Fsp3) is 0.571. The van der Waals surface area contributed by atoms with Gasteiger partial charge in [-0.1, -0.05) is 41.9 Å². The lowest BCUT2D eigenvalue weighted by atomic mass is 9.64. The predicted molar refractivity (Wildman–Crippen MR) is 70.4 cm³/mol. The van der Waals surface area contributed by atoms with E-state index in [4.69, 9.17) is 0 Å². The van der Waals surface area contributed by atoms with E-state index in [-0.39, 0.29) is 0 Å². The summed E-state index contributed by atoms with van der Waals surface area (Å²) in [6.45, 7) is 4.48. The Morgan fingerprint density at radius 2 is 1.88 bits per heavy atom. The molecular weight excluding hydrogens is 264 g/mol. The number of halogens is 1. The van der Waals surface area contributed by atoms with E-state index in [2.05, 4.69) is 41.9 Å². The Hall–Kier alpha value is -0.340. The summed E-state index contributed by atoms with van der Waals surface area (Å²) < 4.78 is 1.09. The monoisotopic (exact) mass is 282 g/mol. The second-order valence-corrected chi connectivity index (χ2v) is 6.36. The van der Waals surface area contributed by atoms with E-state index in [1.807, 2.05) is 12.1 Å². The van der Waals surface area contributed by atoms with Crippen molar-refractivity contribution in [2.45, 2.75) is 38.7 Å². The molecular formula is C14H19BrO. The van der Waals surface area contributed by atoms with E-state index in [0.29, 0.717) is 11.8 Å². The zero-order valence-electron chi connectivity index (χ0n) is 9.91. The van der Waals surface area contributed by atoms with Gasteiger partial charge in [0.25, 0.3) is 0 Å². The van der Waals surface area contributed by atoms with E-state index in [0.717, 1.165) is 23.7 Å². The van der Waals surface area contributed by atoms with Gasteiger partial charge in [0.05, 0.1) is 5.60 Å². The van der Waals surface area contributed by atoms with Gasteiger partial charge < -0.3 is 5.11 Å². The first-order chi connectivity index (χ1) is 7.48. The highest BCUT2D eigenvalue weighted by atomic mass is 79.9. The molecule has 0 amide bonds. The highest BCUT2D eigenvalue weighted by Gasteiger charge is 2.43. The molecule has 0 spiro atoms. The largest absolute Gasteiger partial charge is 0.390 e. The number of hydrogen-bond donors (Lipinski definition) is 1. The van der Waals surface area contributed by atoms with Crippen molar-refractivity contribution in [2.24, 2.45) is 11.8 Å². The Bertz CT molecular complexity index is 350. The summed E-state index contributed by atoms with van der Waals surface area (Å²) in [6.07, 6.45) is 2.71. The summed E-state index contributed by atoms with van der Waals surface area (Å²) >= 11 is 3.42. The van der Waals surface area contributed by atoms with Crippen LogP contribution in [0.1, 0.15) is 32.3 Å². The first kappa shape index (κ1) is 12.1. The quantitative estimate of drug-likeness (QED) is 0.894. The van der Waals surface area contributed by atoms with Crippen molar-refractivity contribution in [1.82, 2.24) is 0 Å². The fourth-order valence-corrected chi connectivity index (χ4v) is 2.78. The van der Waals surface area contributed by atoms with Gasteiger partial charge in [0, 0.05) is 10.9 Å². The van der Waals surface area contributed by atoms with Crippen LogP contribution in [0.3, 0.4) is 0 Å². The average Bonchev–Trinajstić information content (AvgIpc) is 2.17. The van der Waals surface area contributed by atoms with Gasteiger partial charge in [-0.2, -0.15) is 0 Å². The van der Waals surface area contributed by atoms with E-state index in [1.165, 1.54) is 5.56 Å². The second kappa shape index (κ2) is 4.50. The molecule has 1 fully saturated rings. The molecule has 1 aliphatic rings. The minimum Gasteiger partial charge on any atom is -0.390 e. The molecule has 0 unspecified atom stereocenters. The van der Waals surface area contributed by atoms with Gasteiger partial charge in [0.1, 0.15) is 0 Å². The molecule has 0 bridgehead atoms. The summed E-state index contributed by atoms with van der Waals surface area (Å²) in [4.78, 5) is 0. The van der Waals surface area contributed by atoms with Crippen molar-refractivity contribution >= 4 is 15.9 Å². The summed E-state index contributed by atoms with van der Waals surface area (Å²) in [6, 6.07) is 8.25. The molecule has 0 heterocycles. The van der Waals surface area contributed by atoms with Gasteiger partial charge in [-0.15, -0.1) is 0 Å². The average molecular weight is 283 g/mol. The lowest BCUT2D eigenvalue weighted by Gasteiger charge is -2.46. The molecule has 1 aromatic carbocycles. The molecule has 0 radical (unpaired) electrons. The molecule has 1 aliphatic carbocycles. The molecule has 0 saturated heterocycles. The molecule has 1 aromatic rings. The normalized spacial score (nSPS) is 29.2. The molecule has 1 nitrogen and oxygen atoms in total. The van der Waals surface area contributed by atoms with Crippen molar-refractivity contribution in [1.29, 1.82) is 0 Å². The highest BCUT2D eigenvalue weighted by molar-refractivity contribution is 9.10. The maximum atomic E-state index is 10.3. The van der Waals surface area contributed by atoms with Crippen molar-refractivity contribution in [3.05, 3.63) is 34.3 Å². The number of rotatable bonds is 3. The zero-order valence-corrected chi connectivity index (χ0v) is 11.5. The predicted octanol–water partition coefficient (Wildman–Crippen LogP) is 3.79. The van der Waals surface area contributed by atoms with E-state index < -0.39 is 5.60 Å². The van der Waals surface area contributed by atoms with Gasteiger partial charge >= 0.3 is 0 Å². The van der Waals surface area contributed by atoms with Gasteiger partial charge in [-0.3, -0.25) is 0 Å². The summed E-state index contributed by atoms with van der Waals surface area (Å²) in [5, 5.41) is 10.3. The fourth-order valence-electron chi connectivity index (χ4n) is 2.51. The van der Waals surface area contributed by atoms with Crippen LogP contribution in [0.4, 0.5) is 0 Å². The number of aliphatic hydroxyl groups is 1. The Morgan fingerprint density at radius 1 is 1.31 bits per heavy atom.